The maximum Gasteiger partial charge on any atom is 0.238 e. The van der Waals surface area contributed by atoms with E-state index in [1.165, 1.54) is 0 Å². The van der Waals surface area contributed by atoms with Gasteiger partial charge in [0.1, 0.15) is 5.75 Å². The van der Waals surface area contributed by atoms with Gasteiger partial charge in [0.05, 0.1) is 18.2 Å². The van der Waals surface area contributed by atoms with Crippen LogP contribution in [-0.2, 0) is 4.79 Å². The molecule has 0 radical (unpaired) electrons. The number of carbonyl (C=O) groups excluding carboxylic acids is 1. The van der Waals surface area contributed by atoms with Gasteiger partial charge < -0.3 is 15.8 Å². The number of nitrogens with two attached hydrogens (primary N) is 1. The molecule has 6 heteroatoms. The van der Waals surface area contributed by atoms with Gasteiger partial charge in [-0.3, -0.25) is 4.79 Å². The van der Waals surface area contributed by atoms with E-state index in [9.17, 15) is 4.79 Å². The lowest BCUT2D eigenvalue weighted by Crippen LogP contribution is -2.21. The molecular weight excluding hydrogens is 275 g/mol. The van der Waals surface area contributed by atoms with Gasteiger partial charge in [0.2, 0.25) is 5.91 Å². The van der Waals surface area contributed by atoms with Crippen molar-refractivity contribution in [1.29, 1.82) is 0 Å². The fraction of sp³-hybridized carbons (Fsp3) is 0.417. The molecule has 102 valence electrons. The van der Waals surface area contributed by atoms with Gasteiger partial charge >= 0.3 is 0 Å². The van der Waals surface area contributed by atoms with E-state index in [2.05, 4.69) is 19.2 Å². The topological polar surface area (TPSA) is 64.3 Å². The van der Waals surface area contributed by atoms with Crippen molar-refractivity contribution in [1.82, 2.24) is 0 Å². The van der Waals surface area contributed by atoms with Crippen LogP contribution in [0.25, 0.3) is 0 Å². The molecule has 0 unspecified atom stereocenters. The lowest BCUT2D eigenvalue weighted by Gasteiger charge is -2.11. The van der Waals surface area contributed by atoms with Crippen LogP contribution in [0.15, 0.2) is 18.2 Å². The van der Waals surface area contributed by atoms with Crippen LogP contribution in [-0.4, -0.2) is 19.1 Å². The summed E-state index contributed by atoms with van der Waals surface area (Å²) in [6.45, 7) is 4.67. The Morgan fingerprint density at radius 2 is 2.17 bits per heavy atom. The van der Waals surface area contributed by atoms with Gasteiger partial charge in [-0.25, -0.2) is 0 Å². The van der Waals surface area contributed by atoms with E-state index in [0.717, 1.165) is 0 Å². The van der Waals surface area contributed by atoms with Gasteiger partial charge in [0, 0.05) is 5.69 Å². The highest BCUT2D eigenvalue weighted by molar-refractivity contribution is 6.32. The van der Waals surface area contributed by atoms with E-state index >= 15 is 0 Å². The van der Waals surface area contributed by atoms with Crippen molar-refractivity contribution in [2.45, 2.75) is 13.8 Å². The fourth-order valence-electron chi connectivity index (χ4n) is 1.16. The number of benzene rings is 1. The Hall–Kier alpha value is -0.970. The Kier molecular flexibility index (Phi) is 7.75. The number of rotatable bonds is 5. The van der Waals surface area contributed by atoms with E-state index in [0.29, 0.717) is 29.0 Å². The average Bonchev–Trinajstić information content (AvgIpc) is 2.27. The number of hydrogen-bond acceptors (Lipinski definition) is 3. The Balaban J connectivity index is 0.00000289. The first-order valence-corrected chi connectivity index (χ1v) is 5.83. The Morgan fingerprint density at radius 1 is 1.50 bits per heavy atom. The number of carbonyl (C=O) groups is 1. The highest BCUT2D eigenvalue weighted by Crippen LogP contribution is 2.27. The predicted octanol–water partition coefficient (Wildman–Crippen LogP) is 2.69. The smallest absolute Gasteiger partial charge is 0.238 e. The molecular formula is C12H18Cl2N2O2. The molecule has 18 heavy (non-hydrogen) atoms. The summed E-state index contributed by atoms with van der Waals surface area (Å²) in [6, 6.07) is 5.11. The summed E-state index contributed by atoms with van der Waals surface area (Å²) in [5, 5.41) is 3.09. The van der Waals surface area contributed by atoms with Gasteiger partial charge in [-0.15, -0.1) is 12.4 Å². The van der Waals surface area contributed by atoms with Crippen molar-refractivity contribution in [3.63, 3.8) is 0 Å². The summed E-state index contributed by atoms with van der Waals surface area (Å²) in [5.74, 6) is 0.797. The third-order valence-electron chi connectivity index (χ3n) is 1.97. The molecule has 0 heterocycles. The van der Waals surface area contributed by atoms with Gasteiger partial charge in [-0.1, -0.05) is 25.4 Å². The van der Waals surface area contributed by atoms with Crippen LogP contribution in [0.3, 0.4) is 0 Å². The summed E-state index contributed by atoms with van der Waals surface area (Å²) in [4.78, 5) is 11.1. The zero-order chi connectivity index (χ0) is 12.8. The third kappa shape index (κ3) is 5.58. The predicted molar refractivity (Wildman–Crippen MR) is 76.7 cm³/mol. The zero-order valence-electron chi connectivity index (χ0n) is 10.4. The SMILES string of the molecule is CC(C)COc1ccc(NC(=O)CN)cc1Cl.Cl. The van der Waals surface area contributed by atoms with Crippen LogP contribution in [0.5, 0.6) is 5.75 Å². The molecule has 0 fully saturated rings. The van der Waals surface area contributed by atoms with Crippen molar-refractivity contribution in [2.75, 3.05) is 18.5 Å². The van der Waals surface area contributed by atoms with Crippen LogP contribution in [0.4, 0.5) is 5.69 Å². The van der Waals surface area contributed by atoms with Crippen molar-refractivity contribution in [2.24, 2.45) is 11.7 Å². The zero-order valence-corrected chi connectivity index (χ0v) is 12.0. The van der Waals surface area contributed by atoms with Crippen molar-refractivity contribution >= 4 is 35.6 Å². The highest BCUT2D eigenvalue weighted by atomic mass is 35.5. The van der Waals surface area contributed by atoms with Gasteiger partial charge in [0.15, 0.2) is 0 Å². The molecule has 0 aliphatic rings. The first-order chi connectivity index (χ1) is 8.02. The molecule has 1 amide bonds. The van der Waals surface area contributed by atoms with Crippen LogP contribution in [0.1, 0.15) is 13.8 Å². The van der Waals surface area contributed by atoms with Crippen LogP contribution in [0, 0.1) is 5.92 Å². The molecule has 4 nitrogen and oxygen atoms in total. The Morgan fingerprint density at radius 3 is 2.67 bits per heavy atom. The van der Waals surface area contributed by atoms with Crippen molar-refractivity contribution in [3.05, 3.63) is 23.2 Å². The molecule has 0 bridgehead atoms. The van der Waals surface area contributed by atoms with E-state index in [1.807, 2.05) is 0 Å². The Labute approximate surface area is 118 Å². The number of anilines is 1. The maximum absolute atomic E-state index is 11.1. The van der Waals surface area contributed by atoms with Gasteiger partial charge in [-0.05, 0) is 24.1 Å². The summed E-state index contributed by atoms with van der Waals surface area (Å²) in [5.41, 5.74) is 5.81. The first-order valence-electron chi connectivity index (χ1n) is 5.45. The standard InChI is InChI=1S/C12H17ClN2O2.ClH/c1-8(2)7-17-11-4-3-9(5-10(11)13)15-12(16)6-14;/h3-5,8H,6-7,14H2,1-2H3,(H,15,16);1H. The largest absolute Gasteiger partial charge is 0.492 e. The lowest BCUT2D eigenvalue weighted by molar-refractivity contribution is -0.114. The quantitative estimate of drug-likeness (QED) is 0.877. The molecule has 0 spiro atoms. The number of nitrogens with one attached hydrogen (secondary N) is 1. The summed E-state index contributed by atoms with van der Waals surface area (Å²) in [6.07, 6.45) is 0. The Bertz CT molecular complexity index is 398. The molecule has 0 atom stereocenters. The monoisotopic (exact) mass is 292 g/mol. The number of ether oxygens (including phenoxy) is 1. The fourth-order valence-corrected chi connectivity index (χ4v) is 1.40. The molecule has 3 N–H and O–H groups in total. The number of halogens is 2. The highest BCUT2D eigenvalue weighted by Gasteiger charge is 2.06. The van der Waals surface area contributed by atoms with Crippen LogP contribution in [0.2, 0.25) is 5.02 Å². The second-order valence-electron chi connectivity index (χ2n) is 4.10. The minimum atomic E-state index is -0.253. The minimum absolute atomic E-state index is 0. The van der Waals surface area contributed by atoms with Gasteiger partial charge in [0.25, 0.3) is 0 Å². The van der Waals surface area contributed by atoms with E-state index in [-0.39, 0.29) is 24.9 Å². The van der Waals surface area contributed by atoms with Crippen molar-refractivity contribution < 1.29 is 9.53 Å². The molecule has 0 aliphatic heterocycles. The normalized spacial score (nSPS) is 9.83. The van der Waals surface area contributed by atoms with E-state index in [4.69, 9.17) is 22.1 Å². The molecule has 0 aromatic heterocycles. The first kappa shape index (κ1) is 17.0. The molecule has 0 aliphatic carbocycles. The van der Waals surface area contributed by atoms with Crippen molar-refractivity contribution in [3.8, 4) is 5.75 Å². The number of hydrogen-bond donors (Lipinski definition) is 2. The average molecular weight is 293 g/mol. The minimum Gasteiger partial charge on any atom is -0.492 e. The second-order valence-corrected chi connectivity index (χ2v) is 4.51. The van der Waals surface area contributed by atoms with Crippen LogP contribution < -0.4 is 15.8 Å². The molecule has 1 aromatic carbocycles. The number of amides is 1. The van der Waals surface area contributed by atoms with Gasteiger partial charge in [-0.2, -0.15) is 0 Å². The lowest BCUT2D eigenvalue weighted by atomic mass is 10.2. The molecule has 0 saturated carbocycles. The maximum atomic E-state index is 11.1. The summed E-state index contributed by atoms with van der Waals surface area (Å²) < 4.78 is 5.52. The van der Waals surface area contributed by atoms with Crippen LogP contribution >= 0.6 is 24.0 Å². The summed E-state index contributed by atoms with van der Waals surface area (Å²) in [7, 11) is 0. The third-order valence-corrected chi connectivity index (χ3v) is 2.27. The molecule has 0 saturated heterocycles. The second kappa shape index (κ2) is 8.19. The van der Waals surface area contributed by atoms with E-state index < -0.39 is 0 Å². The molecule has 1 rings (SSSR count). The molecule has 1 aromatic rings. The van der Waals surface area contributed by atoms with E-state index in [1.54, 1.807) is 18.2 Å². The summed E-state index contributed by atoms with van der Waals surface area (Å²) >= 11 is 6.03.